The number of rotatable bonds is 7. The van der Waals surface area contributed by atoms with Crippen molar-refractivity contribution in [3.63, 3.8) is 0 Å². The summed E-state index contributed by atoms with van der Waals surface area (Å²) >= 11 is 0. The predicted octanol–water partition coefficient (Wildman–Crippen LogP) is -0.224. The van der Waals surface area contributed by atoms with Gasteiger partial charge in [-0.25, -0.2) is 4.98 Å². The second-order valence-electron chi connectivity index (χ2n) is 3.54. The molecule has 0 aliphatic rings. The number of hydrogen-bond acceptors (Lipinski definition) is 8. The number of nitrogens with zero attached hydrogens (tertiary/aromatic N) is 3. The van der Waals surface area contributed by atoms with E-state index in [1.807, 2.05) is 0 Å². The molecule has 0 amide bonds. The molecule has 0 spiro atoms. The van der Waals surface area contributed by atoms with Crippen LogP contribution in [0.25, 0.3) is 0 Å². The zero-order valence-electron chi connectivity index (χ0n) is 9.87. The molecule has 1 rings (SSSR count). The third-order valence-electron chi connectivity index (χ3n) is 2.11. The van der Waals surface area contributed by atoms with E-state index in [-0.39, 0.29) is 24.1 Å². The zero-order chi connectivity index (χ0) is 13.5. The van der Waals surface area contributed by atoms with Gasteiger partial charge >= 0.3 is 5.69 Å². The van der Waals surface area contributed by atoms with E-state index in [0.29, 0.717) is 13.0 Å². The van der Waals surface area contributed by atoms with Crippen LogP contribution in [0.4, 0.5) is 17.5 Å². The van der Waals surface area contributed by atoms with Gasteiger partial charge in [0.05, 0.1) is 17.6 Å². The monoisotopic (exact) mass is 257 g/mol. The van der Waals surface area contributed by atoms with Crippen LogP contribution in [0.1, 0.15) is 6.42 Å². The van der Waals surface area contributed by atoms with Crippen LogP contribution in [-0.4, -0.2) is 46.4 Å². The van der Waals surface area contributed by atoms with Gasteiger partial charge in [-0.3, -0.25) is 10.1 Å². The lowest BCUT2D eigenvalue weighted by Crippen LogP contribution is -2.19. The van der Waals surface area contributed by atoms with Crippen molar-refractivity contribution >= 4 is 17.5 Å². The molecular formula is C9H15N5O4. The van der Waals surface area contributed by atoms with E-state index in [1.165, 1.54) is 7.11 Å². The molecule has 0 fully saturated rings. The first kappa shape index (κ1) is 14.1. The van der Waals surface area contributed by atoms with E-state index in [0.717, 1.165) is 6.20 Å². The molecule has 0 saturated carbocycles. The van der Waals surface area contributed by atoms with Gasteiger partial charge in [-0.05, 0) is 6.42 Å². The highest BCUT2D eigenvalue weighted by Crippen LogP contribution is 2.20. The molecule has 18 heavy (non-hydrogen) atoms. The Labute approximate surface area is 103 Å². The van der Waals surface area contributed by atoms with E-state index in [9.17, 15) is 15.2 Å². The van der Waals surface area contributed by atoms with E-state index >= 15 is 0 Å². The fraction of sp³-hybridized carbons (Fsp3) is 0.556. The molecular weight excluding hydrogens is 242 g/mol. The molecule has 0 aliphatic heterocycles. The van der Waals surface area contributed by atoms with Crippen LogP contribution < -0.4 is 11.1 Å². The molecule has 100 valence electrons. The van der Waals surface area contributed by atoms with E-state index in [2.05, 4.69) is 15.3 Å². The molecule has 1 aromatic rings. The fourth-order valence-electron chi connectivity index (χ4n) is 1.29. The molecule has 0 radical (unpaired) electrons. The molecule has 9 heteroatoms. The SMILES string of the molecule is COCC(O)CCNc1nc(N)ncc1[N+](=O)[O-]. The molecule has 9 nitrogen and oxygen atoms in total. The van der Waals surface area contributed by atoms with E-state index in [1.54, 1.807) is 0 Å². The number of aromatic nitrogens is 2. The smallest absolute Gasteiger partial charge is 0.329 e. The molecule has 4 N–H and O–H groups in total. The molecule has 1 aromatic heterocycles. The normalized spacial score (nSPS) is 12.1. The average molecular weight is 257 g/mol. The van der Waals surface area contributed by atoms with E-state index in [4.69, 9.17) is 10.5 Å². The Morgan fingerprint density at radius 3 is 3.06 bits per heavy atom. The van der Waals surface area contributed by atoms with Crippen molar-refractivity contribution in [3.8, 4) is 0 Å². The van der Waals surface area contributed by atoms with Gasteiger partial charge in [0, 0.05) is 13.7 Å². The first-order valence-corrected chi connectivity index (χ1v) is 5.22. The summed E-state index contributed by atoms with van der Waals surface area (Å²) in [5.41, 5.74) is 5.09. The maximum Gasteiger partial charge on any atom is 0.329 e. The predicted molar refractivity (Wildman–Crippen MR) is 64.1 cm³/mol. The number of aliphatic hydroxyl groups is 1. The van der Waals surface area contributed by atoms with Gasteiger partial charge in [0.2, 0.25) is 11.8 Å². The van der Waals surface area contributed by atoms with Gasteiger partial charge in [0.1, 0.15) is 6.20 Å². The van der Waals surface area contributed by atoms with Gasteiger partial charge in [0.15, 0.2) is 0 Å². The second kappa shape index (κ2) is 6.67. The number of nitro groups is 1. The Morgan fingerprint density at radius 2 is 2.44 bits per heavy atom. The number of ether oxygens (including phenoxy) is 1. The van der Waals surface area contributed by atoms with Crippen molar-refractivity contribution < 1.29 is 14.8 Å². The molecule has 0 saturated heterocycles. The summed E-state index contributed by atoms with van der Waals surface area (Å²) in [6, 6.07) is 0. The lowest BCUT2D eigenvalue weighted by Gasteiger charge is -2.10. The van der Waals surface area contributed by atoms with Gasteiger partial charge < -0.3 is 20.9 Å². The molecule has 0 aromatic carbocycles. The minimum absolute atomic E-state index is 0.0390. The Bertz CT molecular complexity index is 414. The van der Waals surface area contributed by atoms with Crippen molar-refractivity contribution in [2.75, 3.05) is 31.3 Å². The van der Waals surface area contributed by atoms with Gasteiger partial charge in [-0.1, -0.05) is 0 Å². The second-order valence-corrected chi connectivity index (χ2v) is 3.54. The van der Waals surface area contributed by atoms with Crippen LogP contribution in [0.5, 0.6) is 0 Å². The summed E-state index contributed by atoms with van der Waals surface area (Å²) in [6.45, 7) is 0.511. The topological polar surface area (TPSA) is 136 Å². The van der Waals surface area contributed by atoms with Crippen molar-refractivity contribution in [3.05, 3.63) is 16.3 Å². The van der Waals surface area contributed by atoms with Crippen molar-refractivity contribution in [1.82, 2.24) is 9.97 Å². The molecule has 0 bridgehead atoms. The van der Waals surface area contributed by atoms with Crippen molar-refractivity contribution in [2.45, 2.75) is 12.5 Å². The van der Waals surface area contributed by atoms with E-state index < -0.39 is 11.0 Å². The quantitative estimate of drug-likeness (QED) is 0.450. The number of hydrogen-bond donors (Lipinski definition) is 3. The third kappa shape index (κ3) is 4.11. The van der Waals surface area contributed by atoms with Gasteiger partial charge in [-0.2, -0.15) is 4.98 Å². The van der Waals surface area contributed by atoms with Crippen LogP contribution in [0.3, 0.4) is 0 Å². The maximum absolute atomic E-state index is 10.7. The first-order chi connectivity index (χ1) is 8.54. The lowest BCUT2D eigenvalue weighted by molar-refractivity contribution is -0.384. The Kier molecular flexibility index (Phi) is 5.21. The number of anilines is 2. The molecule has 0 aliphatic carbocycles. The average Bonchev–Trinajstić information content (AvgIpc) is 2.29. The maximum atomic E-state index is 10.7. The van der Waals surface area contributed by atoms with Crippen LogP contribution in [0.15, 0.2) is 6.20 Å². The molecule has 1 atom stereocenters. The minimum Gasteiger partial charge on any atom is -0.391 e. The molecule has 1 unspecified atom stereocenters. The third-order valence-corrected chi connectivity index (χ3v) is 2.11. The number of aliphatic hydroxyl groups excluding tert-OH is 1. The lowest BCUT2D eigenvalue weighted by atomic mass is 10.2. The van der Waals surface area contributed by atoms with Crippen molar-refractivity contribution in [1.29, 1.82) is 0 Å². The Hall–Kier alpha value is -2.00. The highest BCUT2D eigenvalue weighted by Gasteiger charge is 2.16. The zero-order valence-corrected chi connectivity index (χ0v) is 9.87. The summed E-state index contributed by atoms with van der Waals surface area (Å²) in [7, 11) is 1.48. The summed E-state index contributed by atoms with van der Waals surface area (Å²) in [5, 5.41) is 22.8. The number of nitrogens with one attached hydrogen (secondary N) is 1. The largest absolute Gasteiger partial charge is 0.391 e. The summed E-state index contributed by atoms with van der Waals surface area (Å²) in [4.78, 5) is 17.4. The summed E-state index contributed by atoms with van der Waals surface area (Å²) < 4.78 is 4.76. The van der Waals surface area contributed by atoms with Crippen LogP contribution >= 0.6 is 0 Å². The van der Waals surface area contributed by atoms with Gasteiger partial charge in [0.25, 0.3) is 0 Å². The Morgan fingerprint density at radius 1 is 1.72 bits per heavy atom. The minimum atomic E-state index is -0.638. The first-order valence-electron chi connectivity index (χ1n) is 5.22. The highest BCUT2D eigenvalue weighted by molar-refractivity contribution is 5.56. The van der Waals surface area contributed by atoms with Crippen LogP contribution in [0.2, 0.25) is 0 Å². The highest BCUT2D eigenvalue weighted by atomic mass is 16.6. The molecule has 1 heterocycles. The number of methoxy groups -OCH3 is 1. The van der Waals surface area contributed by atoms with Gasteiger partial charge in [-0.15, -0.1) is 0 Å². The standard InChI is InChI=1S/C9H15N5O4/c1-18-5-6(15)2-3-11-8-7(14(16)17)4-12-9(10)13-8/h4,6,15H,2-3,5H2,1H3,(H3,10,11,12,13). The van der Waals surface area contributed by atoms with Crippen LogP contribution in [0, 0.1) is 10.1 Å². The summed E-state index contributed by atoms with van der Waals surface area (Å²) in [6.07, 6.45) is 0.770. The number of nitrogens with two attached hydrogens (primary N) is 1. The number of nitrogen functional groups attached to an aromatic ring is 1. The Balaban J connectivity index is 2.60. The fourth-order valence-corrected chi connectivity index (χ4v) is 1.29. The summed E-state index contributed by atoms with van der Waals surface area (Å²) in [5.74, 6) is -0.0161. The van der Waals surface area contributed by atoms with Crippen LogP contribution in [-0.2, 0) is 4.74 Å². The van der Waals surface area contributed by atoms with Crippen molar-refractivity contribution in [2.24, 2.45) is 0 Å².